The Hall–Kier alpha value is -1.50. The number of ether oxygens (including phenoxy) is 1. The zero-order chi connectivity index (χ0) is 13.2. The molecule has 0 radical (unpaired) electrons. The molecule has 0 aromatic carbocycles. The molecular weight excluding hydrogens is 251 g/mol. The number of nitrogens with one attached hydrogen (secondary N) is 1. The lowest BCUT2D eigenvalue weighted by Crippen LogP contribution is -2.30. The fourth-order valence-electron chi connectivity index (χ4n) is 1.78. The van der Waals surface area contributed by atoms with Crippen molar-refractivity contribution in [3.8, 4) is 0 Å². The largest absolute Gasteiger partial charge is 0.459 e. The van der Waals surface area contributed by atoms with Gasteiger partial charge in [-0.05, 0) is 12.5 Å². The van der Waals surface area contributed by atoms with Crippen molar-refractivity contribution in [2.24, 2.45) is 5.92 Å². The summed E-state index contributed by atoms with van der Waals surface area (Å²) in [5, 5.41) is 2.46. The first-order valence-corrected chi connectivity index (χ1v) is 5.49. The van der Waals surface area contributed by atoms with Crippen molar-refractivity contribution in [3.63, 3.8) is 0 Å². The molecule has 0 bridgehead atoms. The summed E-state index contributed by atoms with van der Waals surface area (Å²) in [5.41, 5.74) is -0.485. The van der Waals surface area contributed by atoms with Crippen LogP contribution in [-0.4, -0.2) is 25.7 Å². The smallest absolute Gasteiger partial charge is 0.450 e. The highest BCUT2D eigenvalue weighted by Crippen LogP contribution is 2.32. The summed E-state index contributed by atoms with van der Waals surface area (Å²) in [6.07, 6.45) is -3.00. The summed E-state index contributed by atoms with van der Waals surface area (Å²) in [6, 6.07) is 1.02. The van der Waals surface area contributed by atoms with Crippen LogP contribution in [0.15, 0.2) is 16.7 Å². The Labute approximate surface area is 101 Å². The van der Waals surface area contributed by atoms with Gasteiger partial charge in [-0.3, -0.25) is 4.79 Å². The Kier molecular flexibility index (Phi) is 3.60. The molecule has 18 heavy (non-hydrogen) atoms. The Balaban J connectivity index is 1.98. The summed E-state index contributed by atoms with van der Waals surface area (Å²) >= 11 is 0. The number of amides is 1. The van der Waals surface area contributed by atoms with Gasteiger partial charge < -0.3 is 14.5 Å². The van der Waals surface area contributed by atoms with Crippen LogP contribution in [0.4, 0.5) is 13.2 Å². The van der Waals surface area contributed by atoms with Gasteiger partial charge in [-0.25, -0.2) is 0 Å². The van der Waals surface area contributed by atoms with Gasteiger partial charge >= 0.3 is 6.18 Å². The van der Waals surface area contributed by atoms with Crippen molar-refractivity contribution < 1.29 is 27.1 Å². The zero-order valence-electron chi connectivity index (χ0n) is 9.42. The van der Waals surface area contributed by atoms with E-state index in [0.717, 1.165) is 18.8 Å². The fraction of sp³-hybridized carbons (Fsp3) is 0.545. The Morgan fingerprint density at radius 2 is 2.28 bits per heavy atom. The number of halogens is 3. The van der Waals surface area contributed by atoms with Gasteiger partial charge in [-0.15, -0.1) is 0 Å². The van der Waals surface area contributed by atoms with Gasteiger partial charge in [-0.2, -0.15) is 13.2 Å². The lowest BCUT2D eigenvalue weighted by molar-refractivity contribution is -0.153. The van der Waals surface area contributed by atoms with E-state index < -0.39 is 23.4 Å². The molecule has 1 amide bonds. The van der Waals surface area contributed by atoms with Gasteiger partial charge in [0.2, 0.25) is 5.76 Å². The summed E-state index contributed by atoms with van der Waals surface area (Å²) in [6.45, 7) is 1.46. The molecule has 2 heterocycles. The molecule has 0 saturated carbocycles. The van der Waals surface area contributed by atoms with Crippen molar-refractivity contribution >= 4 is 5.91 Å². The van der Waals surface area contributed by atoms with Crippen LogP contribution in [0.2, 0.25) is 0 Å². The van der Waals surface area contributed by atoms with Crippen molar-refractivity contribution in [2.75, 3.05) is 19.8 Å². The normalized spacial score (nSPS) is 20.1. The van der Waals surface area contributed by atoms with Crippen LogP contribution >= 0.6 is 0 Å². The molecule has 1 aromatic heterocycles. The molecule has 0 spiro atoms. The highest BCUT2D eigenvalue weighted by atomic mass is 19.4. The number of hydrogen-bond donors (Lipinski definition) is 1. The van der Waals surface area contributed by atoms with Gasteiger partial charge in [0.1, 0.15) is 0 Å². The van der Waals surface area contributed by atoms with Gasteiger partial charge in [0.05, 0.1) is 18.4 Å². The van der Waals surface area contributed by atoms with Crippen molar-refractivity contribution in [1.29, 1.82) is 0 Å². The second kappa shape index (κ2) is 5.01. The average Bonchev–Trinajstić information content (AvgIpc) is 2.95. The molecule has 0 aliphatic carbocycles. The van der Waals surface area contributed by atoms with E-state index in [9.17, 15) is 18.0 Å². The first-order chi connectivity index (χ1) is 8.48. The van der Waals surface area contributed by atoms with Crippen LogP contribution in [0.5, 0.6) is 0 Å². The molecular formula is C11H12F3NO3. The van der Waals surface area contributed by atoms with Gasteiger partial charge in [0, 0.05) is 19.1 Å². The SMILES string of the molecule is O=C(NCC1CCOC1)c1ccoc1C(F)(F)F. The zero-order valence-corrected chi connectivity index (χ0v) is 9.42. The highest BCUT2D eigenvalue weighted by Gasteiger charge is 2.39. The van der Waals surface area contributed by atoms with Crippen molar-refractivity contribution in [2.45, 2.75) is 12.6 Å². The standard InChI is InChI=1S/C11H12F3NO3/c12-11(13,14)9-8(2-4-18-9)10(16)15-5-7-1-3-17-6-7/h2,4,7H,1,3,5-6H2,(H,15,16). The van der Waals surface area contributed by atoms with E-state index in [1.165, 1.54) is 0 Å². The predicted molar refractivity (Wildman–Crippen MR) is 55.0 cm³/mol. The maximum Gasteiger partial charge on any atom is 0.450 e. The lowest BCUT2D eigenvalue weighted by atomic mass is 10.1. The first kappa shape index (κ1) is 12.9. The number of alkyl halides is 3. The third kappa shape index (κ3) is 2.84. The summed E-state index contributed by atoms with van der Waals surface area (Å²) in [7, 11) is 0. The van der Waals surface area contributed by atoms with Crippen LogP contribution in [0.1, 0.15) is 22.5 Å². The number of carbonyl (C=O) groups is 1. The lowest BCUT2D eigenvalue weighted by Gasteiger charge is -2.10. The van der Waals surface area contributed by atoms with Gasteiger partial charge in [0.25, 0.3) is 5.91 Å². The van der Waals surface area contributed by atoms with Gasteiger partial charge in [0.15, 0.2) is 0 Å². The van der Waals surface area contributed by atoms with Crippen LogP contribution < -0.4 is 5.32 Å². The first-order valence-electron chi connectivity index (χ1n) is 5.49. The van der Waals surface area contributed by atoms with Crippen molar-refractivity contribution in [1.82, 2.24) is 5.32 Å². The fourth-order valence-corrected chi connectivity index (χ4v) is 1.78. The third-order valence-corrected chi connectivity index (χ3v) is 2.74. The number of hydrogen-bond acceptors (Lipinski definition) is 3. The summed E-state index contributed by atoms with van der Waals surface area (Å²) in [4.78, 5) is 11.6. The molecule has 7 heteroatoms. The topological polar surface area (TPSA) is 51.5 Å². The second-order valence-corrected chi connectivity index (χ2v) is 4.10. The van der Waals surface area contributed by atoms with Gasteiger partial charge in [-0.1, -0.05) is 0 Å². The molecule has 1 atom stereocenters. The van der Waals surface area contributed by atoms with E-state index >= 15 is 0 Å². The number of rotatable bonds is 3. The molecule has 1 aliphatic heterocycles. The Morgan fingerprint density at radius 3 is 2.89 bits per heavy atom. The minimum absolute atomic E-state index is 0.162. The van der Waals surface area contributed by atoms with Crippen molar-refractivity contribution in [3.05, 3.63) is 23.7 Å². The van der Waals surface area contributed by atoms with E-state index in [1.807, 2.05) is 0 Å². The van der Waals surface area contributed by atoms with E-state index in [0.29, 0.717) is 19.8 Å². The van der Waals surface area contributed by atoms with E-state index in [4.69, 9.17) is 4.74 Å². The van der Waals surface area contributed by atoms with Crippen LogP contribution in [0, 0.1) is 5.92 Å². The third-order valence-electron chi connectivity index (χ3n) is 2.74. The minimum Gasteiger partial charge on any atom is -0.459 e. The average molecular weight is 263 g/mol. The van der Waals surface area contributed by atoms with Crippen LogP contribution in [0.25, 0.3) is 0 Å². The number of carbonyl (C=O) groups excluding carboxylic acids is 1. The van der Waals surface area contributed by atoms with Crippen LogP contribution in [0.3, 0.4) is 0 Å². The van der Waals surface area contributed by atoms with E-state index in [-0.39, 0.29) is 5.92 Å². The second-order valence-electron chi connectivity index (χ2n) is 4.10. The molecule has 1 N–H and O–H groups in total. The minimum atomic E-state index is -4.66. The molecule has 1 fully saturated rings. The molecule has 1 aromatic rings. The Morgan fingerprint density at radius 1 is 1.50 bits per heavy atom. The monoisotopic (exact) mass is 263 g/mol. The molecule has 1 saturated heterocycles. The molecule has 4 nitrogen and oxygen atoms in total. The summed E-state index contributed by atoms with van der Waals surface area (Å²) in [5.74, 6) is -1.87. The van der Waals surface area contributed by atoms with E-state index in [2.05, 4.69) is 9.73 Å². The molecule has 1 unspecified atom stereocenters. The van der Waals surface area contributed by atoms with Crippen LogP contribution in [-0.2, 0) is 10.9 Å². The maximum absolute atomic E-state index is 12.5. The molecule has 100 valence electrons. The Bertz CT molecular complexity index is 421. The quantitative estimate of drug-likeness (QED) is 0.908. The molecule has 1 aliphatic rings. The predicted octanol–water partition coefficient (Wildman–Crippen LogP) is 2.06. The van der Waals surface area contributed by atoms with E-state index in [1.54, 1.807) is 0 Å². The maximum atomic E-state index is 12.5. The summed E-state index contributed by atoms with van der Waals surface area (Å²) < 4.78 is 46.9. The molecule has 2 rings (SSSR count). The number of furan rings is 1. The highest BCUT2D eigenvalue weighted by molar-refractivity contribution is 5.95.